The molecule has 1 rings (SSSR count). The van der Waals surface area contributed by atoms with Gasteiger partial charge in [0, 0.05) is 0 Å². The normalized spacial score (nSPS) is 24.0. The van der Waals surface area contributed by atoms with Gasteiger partial charge >= 0.3 is 0 Å². The molecule has 1 aliphatic rings. The van der Waals surface area contributed by atoms with Crippen LogP contribution < -0.4 is 0 Å². The highest BCUT2D eigenvalue weighted by atomic mass is 19.1. The van der Waals surface area contributed by atoms with Gasteiger partial charge in [0.2, 0.25) is 0 Å². The molecule has 0 unspecified atom stereocenters. The van der Waals surface area contributed by atoms with Crippen molar-refractivity contribution in [3.05, 3.63) is 0 Å². The van der Waals surface area contributed by atoms with Crippen LogP contribution in [0.3, 0.4) is 0 Å². The average molecular weight is 130 g/mol. The Balaban J connectivity index is 2.23. The molecule has 1 aliphatic carbocycles. The van der Waals surface area contributed by atoms with Gasteiger partial charge in [0.1, 0.15) is 6.17 Å². The van der Waals surface area contributed by atoms with Crippen LogP contribution in [0.4, 0.5) is 4.39 Å². The van der Waals surface area contributed by atoms with Gasteiger partial charge < -0.3 is 0 Å². The quantitative estimate of drug-likeness (QED) is 0.539. The Morgan fingerprint density at radius 1 is 1.33 bits per heavy atom. The van der Waals surface area contributed by atoms with Crippen LogP contribution in [0, 0.1) is 11.8 Å². The highest BCUT2D eigenvalue weighted by molar-refractivity contribution is 4.78. The molecule has 0 N–H and O–H groups in total. The van der Waals surface area contributed by atoms with E-state index in [1.165, 1.54) is 6.42 Å². The third-order valence-electron chi connectivity index (χ3n) is 2.24. The number of hydrogen-bond acceptors (Lipinski definition) is 0. The first-order valence-electron chi connectivity index (χ1n) is 3.86. The zero-order valence-electron chi connectivity index (χ0n) is 6.23. The van der Waals surface area contributed by atoms with Crippen molar-refractivity contribution in [2.75, 3.05) is 0 Å². The largest absolute Gasteiger partial charge is 0.247 e. The Morgan fingerprint density at radius 2 is 1.89 bits per heavy atom. The summed E-state index contributed by atoms with van der Waals surface area (Å²) in [6.45, 7) is 3.92. The van der Waals surface area contributed by atoms with E-state index in [1.807, 2.05) is 13.8 Å². The van der Waals surface area contributed by atoms with E-state index in [0.717, 1.165) is 12.8 Å². The third kappa shape index (κ3) is 1.44. The van der Waals surface area contributed by atoms with Crippen LogP contribution >= 0.6 is 0 Å². The van der Waals surface area contributed by atoms with Gasteiger partial charge in [-0.2, -0.15) is 0 Å². The number of alkyl halides is 1. The Bertz CT molecular complexity index is 84.6. The van der Waals surface area contributed by atoms with Crippen LogP contribution in [0.15, 0.2) is 0 Å². The highest BCUT2D eigenvalue weighted by Crippen LogP contribution is 2.34. The van der Waals surface area contributed by atoms with E-state index in [2.05, 4.69) is 0 Å². The fraction of sp³-hybridized carbons (Fsp3) is 1.00. The maximum atomic E-state index is 13.0. The van der Waals surface area contributed by atoms with Crippen molar-refractivity contribution < 1.29 is 4.39 Å². The van der Waals surface area contributed by atoms with Gasteiger partial charge in [0.15, 0.2) is 0 Å². The number of halogens is 1. The number of hydrogen-bond donors (Lipinski definition) is 0. The van der Waals surface area contributed by atoms with Gasteiger partial charge in [-0.1, -0.05) is 20.3 Å². The molecular formula is C8H15F. The second-order valence-corrected chi connectivity index (χ2v) is 3.38. The predicted molar refractivity (Wildman–Crippen MR) is 37.1 cm³/mol. The van der Waals surface area contributed by atoms with Crippen LogP contribution in [-0.4, -0.2) is 6.17 Å². The second kappa shape index (κ2) is 2.68. The molecule has 0 aromatic rings. The van der Waals surface area contributed by atoms with E-state index in [-0.39, 0.29) is 5.92 Å². The fourth-order valence-electron chi connectivity index (χ4n) is 1.30. The summed E-state index contributed by atoms with van der Waals surface area (Å²) in [4.78, 5) is 0. The summed E-state index contributed by atoms with van der Waals surface area (Å²) >= 11 is 0. The molecule has 0 heterocycles. The maximum Gasteiger partial charge on any atom is 0.105 e. The molecule has 0 bridgehead atoms. The minimum absolute atomic E-state index is 0.232. The maximum absolute atomic E-state index is 13.0. The summed E-state index contributed by atoms with van der Waals surface area (Å²) in [5.41, 5.74) is 0. The van der Waals surface area contributed by atoms with E-state index in [4.69, 9.17) is 0 Å². The molecule has 0 aliphatic heterocycles. The molecule has 0 nitrogen and oxygen atoms in total. The molecular weight excluding hydrogens is 115 g/mol. The first-order chi connectivity index (χ1) is 4.22. The summed E-state index contributed by atoms with van der Waals surface area (Å²) < 4.78 is 13.0. The first-order valence-corrected chi connectivity index (χ1v) is 3.86. The summed E-state index contributed by atoms with van der Waals surface area (Å²) in [5, 5.41) is 0. The Kier molecular flexibility index (Phi) is 2.09. The Labute approximate surface area is 56.5 Å². The van der Waals surface area contributed by atoms with Crippen molar-refractivity contribution in [3.63, 3.8) is 0 Å². The van der Waals surface area contributed by atoms with E-state index < -0.39 is 6.17 Å². The topological polar surface area (TPSA) is 0 Å². The summed E-state index contributed by atoms with van der Waals surface area (Å²) in [6, 6.07) is 0. The van der Waals surface area contributed by atoms with Crippen molar-refractivity contribution in [1.29, 1.82) is 0 Å². The lowest BCUT2D eigenvalue weighted by Crippen LogP contribution is -2.27. The molecule has 54 valence electrons. The monoisotopic (exact) mass is 130 g/mol. The number of rotatable bonds is 2. The third-order valence-corrected chi connectivity index (χ3v) is 2.24. The molecule has 0 radical (unpaired) electrons. The molecule has 0 spiro atoms. The molecule has 1 heteroatoms. The molecule has 9 heavy (non-hydrogen) atoms. The molecule has 1 atom stereocenters. The molecule has 0 amide bonds. The zero-order valence-corrected chi connectivity index (χ0v) is 6.23. The van der Waals surface area contributed by atoms with E-state index >= 15 is 0 Å². The summed E-state index contributed by atoms with van der Waals surface area (Å²) in [5.74, 6) is 0.639. The van der Waals surface area contributed by atoms with E-state index in [1.54, 1.807) is 0 Å². The average Bonchev–Trinajstić information content (AvgIpc) is 1.60. The van der Waals surface area contributed by atoms with Crippen molar-refractivity contribution in [3.8, 4) is 0 Å². The lowest BCUT2D eigenvalue weighted by Gasteiger charge is -2.30. The Hall–Kier alpha value is -0.0700. The van der Waals surface area contributed by atoms with Gasteiger partial charge in [-0.15, -0.1) is 0 Å². The molecule has 0 aromatic heterocycles. The lowest BCUT2D eigenvalue weighted by molar-refractivity contribution is 0.108. The van der Waals surface area contributed by atoms with Crippen molar-refractivity contribution in [2.45, 2.75) is 39.3 Å². The lowest BCUT2D eigenvalue weighted by atomic mass is 9.78. The van der Waals surface area contributed by atoms with Crippen molar-refractivity contribution in [2.24, 2.45) is 11.8 Å². The van der Waals surface area contributed by atoms with Crippen LogP contribution in [0.5, 0.6) is 0 Å². The van der Waals surface area contributed by atoms with E-state index in [0.29, 0.717) is 5.92 Å². The predicted octanol–water partition coefficient (Wildman–Crippen LogP) is 2.78. The van der Waals surface area contributed by atoms with Crippen molar-refractivity contribution >= 4 is 0 Å². The van der Waals surface area contributed by atoms with E-state index in [9.17, 15) is 4.39 Å². The van der Waals surface area contributed by atoms with Gasteiger partial charge in [0.25, 0.3) is 0 Å². The fourth-order valence-corrected chi connectivity index (χ4v) is 1.30. The minimum Gasteiger partial charge on any atom is -0.247 e. The summed E-state index contributed by atoms with van der Waals surface area (Å²) in [7, 11) is 0. The molecule has 1 fully saturated rings. The second-order valence-electron chi connectivity index (χ2n) is 3.38. The van der Waals surface area contributed by atoms with Gasteiger partial charge in [-0.25, -0.2) is 4.39 Å². The molecule has 1 saturated carbocycles. The van der Waals surface area contributed by atoms with Crippen LogP contribution in [0.2, 0.25) is 0 Å². The van der Waals surface area contributed by atoms with Gasteiger partial charge in [-0.3, -0.25) is 0 Å². The summed E-state index contributed by atoms with van der Waals surface area (Å²) in [6.07, 6.45) is 2.97. The van der Waals surface area contributed by atoms with Gasteiger partial charge in [0.05, 0.1) is 0 Å². The first kappa shape index (κ1) is 7.04. The standard InChI is InChI=1S/C8H15F/c1-6(2)8(9)7-4-3-5-7/h6-8H,3-5H2,1-2H3/t8-/m1/s1. The Morgan fingerprint density at radius 3 is 2.00 bits per heavy atom. The van der Waals surface area contributed by atoms with Crippen LogP contribution in [0.25, 0.3) is 0 Å². The SMILES string of the molecule is CC(C)[C@@H](F)C1CCC1. The molecule has 0 saturated heterocycles. The minimum atomic E-state index is -0.529. The smallest absolute Gasteiger partial charge is 0.105 e. The van der Waals surface area contributed by atoms with Gasteiger partial charge in [-0.05, 0) is 24.7 Å². The molecule has 0 aromatic carbocycles. The van der Waals surface area contributed by atoms with Crippen LogP contribution in [0.1, 0.15) is 33.1 Å². The van der Waals surface area contributed by atoms with Crippen LogP contribution in [-0.2, 0) is 0 Å². The highest BCUT2D eigenvalue weighted by Gasteiger charge is 2.28. The van der Waals surface area contributed by atoms with Crippen molar-refractivity contribution in [1.82, 2.24) is 0 Å². The zero-order chi connectivity index (χ0) is 6.85.